The van der Waals surface area contributed by atoms with Gasteiger partial charge in [-0.2, -0.15) is 4.98 Å². The van der Waals surface area contributed by atoms with Gasteiger partial charge in [-0.1, -0.05) is 0 Å². The number of aromatic nitrogens is 3. The number of ether oxygens (including phenoxy) is 1. The summed E-state index contributed by atoms with van der Waals surface area (Å²) in [5.41, 5.74) is 1.60. The van der Waals surface area contributed by atoms with E-state index in [9.17, 15) is 15.3 Å². The fourth-order valence-corrected chi connectivity index (χ4v) is 5.02. The molecule has 4 atom stereocenters. The fraction of sp³-hybridized carbons (Fsp3) is 0.577. The van der Waals surface area contributed by atoms with Crippen LogP contribution in [0.2, 0.25) is 0 Å². The van der Waals surface area contributed by atoms with E-state index in [4.69, 9.17) is 14.1 Å². The van der Waals surface area contributed by atoms with Gasteiger partial charge < -0.3 is 35.1 Å². The van der Waals surface area contributed by atoms with Gasteiger partial charge in [-0.15, -0.1) is 0 Å². The Kier molecular flexibility index (Phi) is 6.30. The Bertz CT molecular complexity index is 1270. The van der Waals surface area contributed by atoms with Crippen molar-refractivity contribution in [2.45, 2.75) is 83.8 Å². The molecule has 0 spiro atoms. The van der Waals surface area contributed by atoms with Gasteiger partial charge in [0.15, 0.2) is 5.58 Å². The van der Waals surface area contributed by atoms with E-state index >= 15 is 0 Å². The Morgan fingerprint density at radius 1 is 1.06 bits per heavy atom. The molecule has 3 aromatic rings. The summed E-state index contributed by atoms with van der Waals surface area (Å²) in [5.74, 6) is 1.60. The first-order valence-corrected chi connectivity index (χ1v) is 12.6. The summed E-state index contributed by atoms with van der Waals surface area (Å²) in [5, 5.41) is 39.5. The zero-order valence-electron chi connectivity index (χ0n) is 21.4. The molecule has 0 saturated heterocycles. The Morgan fingerprint density at radius 2 is 1.81 bits per heavy atom. The number of aliphatic hydroxyl groups excluding tert-OH is 2. The Morgan fingerprint density at radius 3 is 2.44 bits per heavy atom. The number of pyridine rings is 1. The van der Waals surface area contributed by atoms with Crippen molar-refractivity contribution in [1.29, 1.82) is 0 Å². The second kappa shape index (κ2) is 9.17. The SMILES string of the molecule is CCOc1cc2cc(-c3c(C)nc(NC4CC4)nc3NC3CC(C(C)(C)O)C(O)C3O)oc2c(C)n1. The lowest BCUT2D eigenvalue weighted by molar-refractivity contribution is -0.0601. The number of hydrogen-bond donors (Lipinski definition) is 5. The molecule has 0 bridgehead atoms. The fourth-order valence-electron chi connectivity index (χ4n) is 5.02. The van der Waals surface area contributed by atoms with Crippen LogP contribution in [0.1, 0.15) is 51.4 Å². The highest BCUT2D eigenvalue weighted by atomic mass is 16.5. The van der Waals surface area contributed by atoms with Crippen LogP contribution in [0.4, 0.5) is 11.8 Å². The second-order valence-electron chi connectivity index (χ2n) is 10.5. The van der Waals surface area contributed by atoms with Crippen LogP contribution in [0.25, 0.3) is 22.3 Å². The Hall–Kier alpha value is -2.95. The van der Waals surface area contributed by atoms with E-state index in [2.05, 4.69) is 20.6 Å². The lowest BCUT2D eigenvalue weighted by atomic mass is 9.88. The second-order valence-corrected chi connectivity index (χ2v) is 10.5. The Labute approximate surface area is 210 Å². The molecule has 36 heavy (non-hydrogen) atoms. The first-order chi connectivity index (χ1) is 17.0. The summed E-state index contributed by atoms with van der Waals surface area (Å²) in [6.07, 6.45) is 0.396. The molecule has 0 aromatic carbocycles. The Balaban J connectivity index is 1.56. The molecule has 194 valence electrons. The van der Waals surface area contributed by atoms with Gasteiger partial charge in [0.05, 0.1) is 41.3 Å². The highest BCUT2D eigenvalue weighted by Gasteiger charge is 2.48. The highest BCUT2D eigenvalue weighted by Crippen LogP contribution is 2.40. The molecule has 2 saturated carbocycles. The van der Waals surface area contributed by atoms with Crippen LogP contribution >= 0.6 is 0 Å². The average Bonchev–Trinajstić information content (AvgIpc) is 3.42. The first kappa shape index (κ1) is 24.7. The van der Waals surface area contributed by atoms with E-state index in [1.165, 1.54) is 0 Å². The number of hydrogen-bond acceptors (Lipinski definition) is 10. The quantitative estimate of drug-likeness (QED) is 0.314. The molecule has 10 nitrogen and oxygen atoms in total. The third-order valence-corrected chi connectivity index (χ3v) is 7.10. The molecule has 5 N–H and O–H groups in total. The third kappa shape index (κ3) is 4.72. The maximum absolute atomic E-state index is 10.8. The molecular weight excluding hydrogens is 462 g/mol. The molecule has 0 amide bonds. The van der Waals surface area contributed by atoms with Crippen LogP contribution < -0.4 is 15.4 Å². The summed E-state index contributed by atoms with van der Waals surface area (Å²) in [7, 11) is 0. The van der Waals surface area contributed by atoms with Gasteiger partial charge in [0, 0.05) is 23.4 Å². The summed E-state index contributed by atoms with van der Waals surface area (Å²) in [6, 6.07) is 3.60. The smallest absolute Gasteiger partial charge is 0.225 e. The molecule has 2 aliphatic rings. The molecule has 5 rings (SSSR count). The van der Waals surface area contributed by atoms with E-state index in [1.54, 1.807) is 13.8 Å². The molecule has 0 aliphatic heterocycles. The zero-order valence-corrected chi connectivity index (χ0v) is 21.4. The minimum absolute atomic E-state index is 0.360. The number of nitrogens with one attached hydrogen (secondary N) is 2. The predicted octanol–water partition coefficient (Wildman–Crippen LogP) is 3.17. The molecule has 2 aliphatic carbocycles. The van der Waals surface area contributed by atoms with Crippen LogP contribution in [0.5, 0.6) is 5.88 Å². The van der Waals surface area contributed by atoms with Crippen LogP contribution in [-0.2, 0) is 0 Å². The number of anilines is 2. The van der Waals surface area contributed by atoms with E-state index in [0.717, 1.165) is 18.2 Å². The third-order valence-electron chi connectivity index (χ3n) is 7.10. The molecule has 2 fully saturated rings. The number of rotatable bonds is 8. The van der Waals surface area contributed by atoms with Crippen LogP contribution in [0.3, 0.4) is 0 Å². The van der Waals surface area contributed by atoms with Crippen LogP contribution in [-0.4, -0.2) is 66.8 Å². The van der Waals surface area contributed by atoms with Gasteiger partial charge in [0.2, 0.25) is 11.8 Å². The van der Waals surface area contributed by atoms with E-state index < -0.39 is 29.8 Å². The van der Waals surface area contributed by atoms with Gasteiger partial charge in [-0.3, -0.25) is 0 Å². The van der Waals surface area contributed by atoms with Gasteiger partial charge in [0.25, 0.3) is 0 Å². The summed E-state index contributed by atoms with van der Waals surface area (Å²) < 4.78 is 11.8. The van der Waals surface area contributed by atoms with Gasteiger partial charge in [-0.25, -0.2) is 9.97 Å². The zero-order chi connectivity index (χ0) is 25.8. The minimum Gasteiger partial charge on any atom is -0.478 e. The molecule has 0 radical (unpaired) electrons. The van der Waals surface area contributed by atoms with Crippen molar-refractivity contribution in [2.24, 2.45) is 5.92 Å². The maximum atomic E-state index is 10.8. The largest absolute Gasteiger partial charge is 0.478 e. The predicted molar refractivity (Wildman–Crippen MR) is 136 cm³/mol. The van der Waals surface area contributed by atoms with Gasteiger partial charge in [-0.05, 0) is 59.9 Å². The summed E-state index contributed by atoms with van der Waals surface area (Å²) >= 11 is 0. The van der Waals surface area contributed by atoms with E-state index in [-0.39, 0.29) is 0 Å². The van der Waals surface area contributed by atoms with E-state index in [0.29, 0.717) is 65.0 Å². The lowest BCUT2D eigenvalue weighted by Gasteiger charge is -2.28. The number of aliphatic hydroxyl groups is 3. The average molecular weight is 498 g/mol. The maximum Gasteiger partial charge on any atom is 0.225 e. The minimum atomic E-state index is -1.14. The van der Waals surface area contributed by atoms with Gasteiger partial charge >= 0.3 is 0 Å². The summed E-state index contributed by atoms with van der Waals surface area (Å²) in [4.78, 5) is 13.9. The molecule has 10 heteroatoms. The van der Waals surface area contributed by atoms with Crippen molar-refractivity contribution in [3.8, 4) is 17.2 Å². The molecular formula is C26H35N5O5. The topological polar surface area (TPSA) is 146 Å². The number of fused-ring (bicyclic) bond motifs is 1. The van der Waals surface area contributed by atoms with Gasteiger partial charge in [0.1, 0.15) is 17.7 Å². The number of nitrogens with zero attached hydrogens (tertiary/aromatic N) is 3. The lowest BCUT2D eigenvalue weighted by Crippen LogP contribution is -2.40. The van der Waals surface area contributed by atoms with Crippen molar-refractivity contribution < 1.29 is 24.5 Å². The number of aryl methyl sites for hydroxylation is 2. The van der Waals surface area contributed by atoms with Crippen LogP contribution in [0.15, 0.2) is 16.5 Å². The summed E-state index contributed by atoms with van der Waals surface area (Å²) in [6.45, 7) is 9.49. The first-order valence-electron chi connectivity index (χ1n) is 12.6. The molecule has 4 unspecified atom stereocenters. The van der Waals surface area contributed by atoms with Crippen molar-refractivity contribution in [2.75, 3.05) is 17.2 Å². The van der Waals surface area contributed by atoms with Crippen molar-refractivity contribution in [3.63, 3.8) is 0 Å². The van der Waals surface area contributed by atoms with E-state index in [1.807, 2.05) is 32.9 Å². The monoisotopic (exact) mass is 497 g/mol. The van der Waals surface area contributed by atoms with Crippen molar-refractivity contribution in [3.05, 3.63) is 23.5 Å². The highest BCUT2D eigenvalue weighted by molar-refractivity contribution is 5.88. The number of furan rings is 1. The normalized spacial score (nSPS) is 24.3. The molecule has 3 aromatic heterocycles. The van der Waals surface area contributed by atoms with Crippen molar-refractivity contribution >= 4 is 22.7 Å². The van der Waals surface area contributed by atoms with Crippen molar-refractivity contribution in [1.82, 2.24) is 15.0 Å². The standard InChI is InChI=1S/C26H35N5O5/c1-6-35-19-10-14-9-18(36-23(14)13(3)27-19)20-12(2)28-25(29-15-7-8-15)31-24(20)30-17-11-16(26(4,5)34)21(32)22(17)33/h9-10,15-17,21-22,32-34H,6-8,11H2,1-5H3,(H2,28,29,30,31). The molecule has 3 heterocycles. The van der Waals surface area contributed by atoms with Crippen LogP contribution in [0, 0.1) is 19.8 Å².